The number of hydrogen-bond donors (Lipinski definition) is 1. The van der Waals surface area contributed by atoms with Gasteiger partial charge in [-0.25, -0.2) is 0 Å². The summed E-state index contributed by atoms with van der Waals surface area (Å²) in [5, 5.41) is 9.79. The molecule has 10 nitrogen and oxygen atoms in total. The fourth-order valence-corrected chi connectivity index (χ4v) is 4.73. The Morgan fingerprint density at radius 2 is 1.90 bits per heavy atom. The number of aromatic nitrogens is 3. The largest absolute Gasteiger partial charge is 0.496 e. The average Bonchev–Trinajstić information content (AvgIpc) is 3.31. The molecule has 0 saturated carbocycles. The van der Waals surface area contributed by atoms with Crippen molar-refractivity contribution in [3.05, 3.63) is 69.8 Å². The zero-order valence-electron chi connectivity index (χ0n) is 22.3. The molecule has 2 aromatic carbocycles. The minimum atomic E-state index is -4.89. The molecule has 0 radical (unpaired) electrons. The van der Waals surface area contributed by atoms with Crippen molar-refractivity contribution in [2.24, 2.45) is 0 Å². The molecule has 218 valence electrons. The Bertz CT molecular complexity index is 1480. The van der Waals surface area contributed by atoms with Crippen LogP contribution in [0.2, 0.25) is 5.02 Å². The lowest BCUT2D eigenvalue weighted by Gasteiger charge is -2.24. The van der Waals surface area contributed by atoms with Gasteiger partial charge in [0.1, 0.15) is 24.4 Å². The van der Waals surface area contributed by atoms with Crippen LogP contribution in [0.5, 0.6) is 5.75 Å². The van der Waals surface area contributed by atoms with Crippen LogP contribution in [0.1, 0.15) is 60.3 Å². The van der Waals surface area contributed by atoms with Crippen LogP contribution in [0.3, 0.4) is 0 Å². The van der Waals surface area contributed by atoms with Gasteiger partial charge >= 0.3 is 12.1 Å². The number of ether oxygens (including phenoxy) is 3. The minimum absolute atomic E-state index is 0.0708. The number of fused-ring (bicyclic) bond motifs is 3. The third kappa shape index (κ3) is 6.51. The van der Waals surface area contributed by atoms with E-state index >= 15 is 0 Å². The molecule has 1 N–H and O–H groups in total. The summed E-state index contributed by atoms with van der Waals surface area (Å²) in [6.07, 6.45) is -8.26. The number of nitrogens with one attached hydrogen (secondary N) is 1. The predicted octanol–water partition coefficient (Wildman–Crippen LogP) is 4.45. The highest BCUT2D eigenvalue weighted by Crippen LogP contribution is 2.45. The van der Waals surface area contributed by atoms with Gasteiger partial charge in [-0.2, -0.15) is 13.2 Å². The van der Waals surface area contributed by atoms with E-state index in [0.29, 0.717) is 16.9 Å². The number of hydrogen-bond acceptors (Lipinski definition) is 8. The summed E-state index contributed by atoms with van der Waals surface area (Å²) in [7, 11) is 1.48. The Labute approximate surface area is 237 Å². The molecule has 0 bridgehead atoms. The van der Waals surface area contributed by atoms with Crippen LogP contribution in [-0.4, -0.2) is 52.7 Å². The van der Waals surface area contributed by atoms with E-state index in [4.69, 9.17) is 25.8 Å². The summed E-state index contributed by atoms with van der Waals surface area (Å²) >= 11 is 6.29. The lowest BCUT2D eigenvalue weighted by molar-refractivity contribution is -0.147. The Hall–Kier alpha value is -3.97. The molecule has 1 aromatic heterocycles. The molecule has 2 heterocycles. The first-order valence-corrected chi connectivity index (χ1v) is 12.9. The second-order valence-electron chi connectivity index (χ2n) is 9.10. The highest BCUT2D eigenvalue weighted by Gasteiger charge is 2.43. The van der Waals surface area contributed by atoms with Crippen molar-refractivity contribution in [1.82, 2.24) is 20.1 Å². The lowest BCUT2D eigenvalue weighted by atomic mass is 9.95. The van der Waals surface area contributed by atoms with Crippen molar-refractivity contribution in [2.75, 3.05) is 20.3 Å². The topological polar surface area (TPSA) is 122 Å². The molecule has 1 aliphatic rings. The van der Waals surface area contributed by atoms with Crippen LogP contribution in [0.4, 0.5) is 13.2 Å². The SMILES string of the molecule is CCOC(=O)CC(=O)CNC(=O)C[C@H]1O[C@H](c2cccc(OC)c2C)c2cc(Cl)ccc2-n2c1nnc2C(F)(F)F. The van der Waals surface area contributed by atoms with Gasteiger partial charge in [0.15, 0.2) is 11.6 Å². The standard InChI is InChI=1S/C27H26ClF3N4O6/c1-4-40-23(38)11-16(36)13-32-22(37)12-21-25-33-34-26(27(29,30)31)35(25)19-9-8-15(28)10-18(19)24(41-21)17-6-5-7-20(39-3)14(17)2/h5-10,21,24H,4,11-13H2,1-3H3,(H,32,37)/t21-,24-/m1/s1. The zero-order chi connectivity index (χ0) is 29.9. The van der Waals surface area contributed by atoms with Crippen molar-refractivity contribution < 1.29 is 41.8 Å². The van der Waals surface area contributed by atoms with Crippen LogP contribution >= 0.6 is 11.6 Å². The molecular formula is C27H26ClF3N4O6. The van der Waals surface area contributed by atoms with Crippen molar-refractivity contribution >= 4 is 29.3 Å². The highest BCUT2D eigenvalue weighted by molar-refractivity contribution is 6.30. The number of rotatable bonds is 9. The number of nitrogens with zero attached hydrogens (tertiary/aromatic N) is 3. The maximum Gasteiger partial charge on any atom is 0.452 e. The molecule has 14 heteroatoms. The van der Waals surface area contributed by atoms with E-state index in [1.807, 2.05) is 0 Å². The molecular weight excluding hydrogens is 569 g/mol. The molecule has 1 amide bonds. The van der Waals surface area contributed by atoms with E-state index in [2.05, 4.69) is 15.5 Å². The normalized spacial score (nSPS) is 16.3. The third-order valence-corrected chi connectivity index (χ3v) is 6.61. The highest BCUT2D eigenvalue weighted by atomic mass is 35.5. The van der Waals surface area contributed by atoms with Gasteiger partial charge in [0, 0.05) is 10.6 Å². The Kier molecular flexibility index (Phi) is 8.98. The summed E-state index contributed by atoms with van der Waals surface area (Å²) in [6, 6.07) is 9.49. The number of methoxy groups -OCH3 is 1. The molecule has 0 unspecified atom stereocenters. The number of ketones is 1. The average molecular weight is 595 g/mol. The summed E-state index contributed by atoms with van der Waals surface area (Å²) in [4.78, 5) is 36.5. The molecule has 0 saturated heterocycles. The molecule has 0 spiro atoms. The summed E-state index contributed by atoms with van der Waals surface area (Å²) in [5.41, 5.74) is 1.58. The van der Waals surface area contributed by atoms with Crippen molar-refractivity contribution in [3.63, 3.8) is 0 Å². The number of alkyl halides is 3. The van der Waals surface area contributed by atoms with Gasteiger partial charge in [-0.15, -0.1) is 10.2 Å². The maximum absolute atomic E-state index is 14.1. The molecule has 4 rings (SSSR count). The number of carbonyl (C=O) groups excluding carboxylic acids is 3. The number of carbonyl (C=O) groups is 3. The molecule has 3 aromatic rings. The Balaban J connectivity index is 1.76. The van der Waals surface area contributed by atoms with Crippen LogP contribution in [0, 0.1) is 6.92 Å². The summed E-state index contributed by atoms with van der Waals surface area (Å²) in [5.74, 6) is -3.12. The van der Waals surface area contributed by atoms with E-state index in [-0.39, 0.29) is 28.7 Å². The third-order valence-electron chi connectivity index (χ3n) is 6.37. The van der Waals surface area contributed by atoms with Crippen LogP contribution < -0.4 is 10.1 Å². The van der Waals surface area contributed by atoms with Crippen molar-refractivity contribution in [3.8, 4) is 11.4 Å². The Morgan fingerprint density at radius 1 is 1.15 bits per heavy atom. The fraction of sp³-hybridized carbons (Fsp3) is 0.370. The quantitative estimate of drug-likeness (QED) is 0.285. The van der Waals surface area contributed by atoms with Gasteiger partial charge in [-0.3, -0.25) is 19.0 Å². The second kappa shape index (κ2) is 12.3. The van der Waals surface area contributed by atoms with Gasteiger partial charge < -0.3 is 19.5 Å². The fourth-order valence-electron chi connectivity index (χ4n) is 4.55. The van der Waals surface area contributed by atoms with E-state index in [1.165, 1.54) is 25.3 Å². The monoisotopic (exact) mass is 594 g/mol. The van der Waals surface area contributed by atoms with Crippen molar-refractivity contribution in [1.29, 1.82) is 0 Å². The zero-order valence-corrected chi connectivity index (χ0v) is 23.0. The van der Waals surface area contributed by atoms with E-state index in [0.717, 1.165) is 4.57 Å². The van der Waals surface area contributed by atoms with Gasteiger partial charge in [0.05, 0.1) is 32.4 Å². The lowest BCUT2D eigenvalue weighted by Crippen LogP contribution is -2.32. The number of Topliss-reactive ketones (excluding diaryl/α,β-unsaturated/α-hetero) is 1. The predicted molar refractivity (Wildman–Crippen MR) is 139 cm³/mol. The molecule has 0 aliphatic carbocycles. The van der Waals surface area contributed by atoms with Crippen molar-refractivity contribution in [2.45, 2.75) is 45.1 Å². The van der Waals surface area contributed by atoms with E-state index in [1.54, 1.807) is 32.0 Å². The first kappa shape index (κ1) is 30.0. The van der Waals surface area contributed by atoms with Gasteiger partial charge in [0.25, 0.3) is 0 Å². The minimum Gasteiger partial charge on any atom is -0.496 e. The van der Waals surface area contributed by atoms with Gasteiger partial charge in [0.2, 0.25) is 11.7 Å². The van der Waals surface area contributed by atoms with Crippen LogP contribution in [-0.2, 0) is 30.0 Å². The molecule has 41 heavy (non-hydrogen) atoms. The number of esters is 1. The molecule has 1 aliphatic heterocycles. The first-order chi connectivity index (χ1) is 19.4. The van der Waals surface area contributed by atoms with Gasteiger partial charge in [-0.05, 0) is 49.2 Å². The molecule has 2 atom stereocenters. The van der Waals surface area contributed by atoms with Crippen LogP contribution in [0.15, 0.2) is 36.4 Å². The molecule has 0 fully saturated rings. The number of halogens is 4. The maximum atomic E-state index is 14.1. The van der Waals surface area contributed by atoms with Crippen LogP contribution in [0.25, 0.3) is 5.69 Å². The van der Waals surface area contributed by atoms with Gasteiger partial charge in [-0.1, -0.05) is 23.7 Å². The summed E-state index contributed by atoms with van der Waals surface area (Å²) in [6.45, 7) is 2.97. The number of benzene rings is 2. The first-order valence-electron chi connectivity index (χ1n) is 12.5. The van der Waals surface area contributed by atoms with E-state index in [9.17, 15) is 27.6 Å². The Morgan fingerprint density at radius 3 is 2.59 bits per heavy atom. The summed E-state index contributed by atoms with van der Waals surface area (Å²) < 4.78 is 59.6. The number of amides is 1. The second-order valence-corrected chi connectivity index (χ2v) is 9.54. The smallest absolute Gasteiger partial charge is 0.452 e. The van der Waals surface area contributed by atoms with E-state index < -0.39 is 61.3 Å².